The van der Waals surface area contributed by atoms with E-state index in [1.807, 2.05) is 63.2 Å². The Labute approximate surface area is 177 Å². The van der Waals surface area contributed by atoms with Gasteiger partial charge in [-0.2, -0.15) is 0 Å². The molecule has 0 bridgehead atoms. The molecule has 1 aliphatic carbocycles. The molecule has 1 unspecified atom stereocenters. The van der Waals surface area contributed by atoms with Crippen LogP contribution in [0.25, 0.3) is 0 Å². The molecule has 1 fully saturated rings. The van der Waals surface area contributed by atoms with Crippen LogP contribution < -0.4 is 10.6 Å². The zero-order valence-electron chi connectivity index (χ0n) is 17.5. The number of aryl methyl sites for hydroxylation is 1. The van der Waals surface area contributed by atoms with E-state index in [9.17, 15) is 9.59 Å². The van der Waals surface area contributed by atoms with Crippen molar-refractivity contribution in [3.8, 4) is 0 Å². The Hall–Kier alpha value is -2.27. The summed E-state index contributed by atoms with van der Waals surface area (Å²) in [6, 6.07) is 13.7. The Morgan fingerprint density at radius 2 is 1.66 bits per heavy atom. The fraction of sp³-hybridized carbons (Fsp3) is 0.417. The van der Waals surface area contributed by atoms with E-state index in [0.717, 1.165) is 53.1 Å². The van der Waals surface area contributed by atoms with E-state index in [4.69, 9.17) is 0 Å². The molecule has 4 nitrogen and oxygen atoms in total. The minimum Gasteiger partial charge on any atom is -0.326 e. The largest absolute Gasteiger partial charge is 0.326 e. The molecule has 1 aliphatic rings. The molecule has 3 rings (SSSR count). The molecule has 5 heteroatoms. The van der Waals surface area contributed by atoms with Gasteiger partial charge < -0.3 is 10.6 Å². The van der Waals surface area contributed by atoms with Gasteiger partial charge in [-0.15, -0.1) is 11.8 Å². The van der Waals surface area contributed by atoms with Crippen molar-refractivity contribution in [3.05, 3.63) is 53.6 Å². The second-order valence-corrected chi connectivity index (χ2v) is 9.26. The SMILES string of the molecule is Cc1cccc(NC(=O)C(C)Sc2ccc(NC(=O)C3CCCCC3)cc2)c1C. The number of nitrogens with one attached hydrogen (secondary N) is 2. The number of anilines is 2. The highest BCUT2D eigenvalue weighted by atomic mass is 32.2. The summed E-state index contributed by atoms with van der Waals surface area (Å²) in [7, 11) is 0. The minimum atomic E-state index is -0.224. The summed E-state index contributed by atoms with van der Waals surface area (Å²) in [5.41, 5.74) is 3.94. The highest BCUT2D eigenvalue weighted by Gasteiger charge is 2.21. The van der Waals surface area contributed by atoms with Crippen LogP contribution in [0.3, 0.4) is 0 Å². The lowest BCUT2D eigenvalue weighted by Crippen LogP contribution is -2.24. The van der Waals surface area contributed by atoms with Crippen molar-refractivity contribution in [2.45, 2.75) is 63.0 Å². The van der Waals surface area contributed by atoms with Gasteiger partial charge in [-0.1, -0.05) is 31.4 Å². The second kappa shape index (κ2) is 9.97. The van der Waals surface area contributed by atoms with E-state index in [0.29, 0.717) is 0 Å². The van der Waals surface area contributed by atoms with Crippen molar-refractivity contribution in [1.82, 2.24) is 0 Å². The van der Waals surface area contributed by atoms with E-state index >= 15 is 0 Å². The number of benzene rings is 2. The second-order valence-electron chi connectivity index (χ2n) is 7.85. The van der Waals surface area contributed by atoms with E-state index in [1.54, 1.807) is 0 Å². The number of hydrogen-bond acceptors (Lipinski definition) is 3. The normalized spacial score (nSPS) is 15.6. The Bertz CT molecular complexity index is 858. The zero-order chi connectivity index (χ0) is 20.8. The lowest BCUT2D eigenvalue weighted by atomic mass is 9.88. The first-order chi connectivity index (χ1) is 13.9. The summed E-state index contributed by atoms with van der Waals surface area (Å²) < 4.78 is 0. The van der Waals surface area contributed by atoms with Gasteiger partial charge in [0.05, 0.1) is 5.25 Å². The molecule has 2 aromatic rings. The summed E-state index contributed by atoms with van der Waals surface area (Å²) in [6.45, 7) is 5.96. The summed E-state index contributed by atoms with van der Waals surface area (Å²) in [6.07, 6.45) is 5.52. The van der Waals surface area contributed by atoms with Crippen LogP contribution in [0.5, 0.6) is 0 Å². The molecule has 2 N–H and O–H groups in total. The summed E-state index contributed by atoms with van der Waals surface area (Å²) in [5.74, 6) is 0.261. The monoisotopic (exact) mass is 410 g/mol. The van der Waals surface area contributed by atoms with Gasteiger partial charge in [0.15, 0.2) is 0 Å². The van der Waals surface area contributed by atoms with Crippen LogP contribution in [0.2, 0.25) is 0 Å². The van der Waals surface area contributed by atoms with Crippen LogP contribution >= 0.6 is 11.8 Å². The van der Waals surface area contributed by atoms with Crippen molar-refractivity contribution in [1.29, 1.82) is 0 Å². The third-order valence-corrected chi connectivity index (χ3v) is 6.75. The summed E-state index contributed by atoms with van der Waals surface area (Å²) >= 11 is 1.51. The van der Waals surface area contributed by atoms with Crippen molar-refractivity contribution in [2.75, 3.05) is 10.6 Å². The topological polar surface area (TPSA) is 58.2 Å². The molecule has 0 radical (unpaired) electrons. The fourth-order valence-electron chi connectivity index (χ4n) is 3.60. The molecule has 1 atom stereocenters. The van der Waals surface area contributed by atoms with Crippen LogP contribution in [-0.2, 0) is 9.59 Å². The predicted molar refractivity (Wildman–Crippen MR) is 122 cm³/mol. The smallest absolute Gasteiger partial charge is 0.237 e. The maximum Gasteiger partial charge on any atom is 0.237 e. The highest BCUT2D eigenvalue weighted by molar-refractivity contribution is 8.00. The van der Waals surface area contributed by atoms with Gasteiger partial charge in [0.1, 0.15) is 0 Å². The van der Waals surface area contributed by atoms with Gasteiger partial charge in [0, 0.05) is 22.2 Å². The van der Waals surface area contributed by atoms with E-state index in [-0.39, 0.29) is 23.0 Å². The van der Waals surface area contributed by atoms with Gasteiger partial charge in [-0.25, -0.2) is 0 Å². The standard InChI is InChI=1S/C24H30N2O2S/c1-16-8-7-11-22(17(16)2)26-23(27)18(3)29-21-14-12-20(13-15-21)25-24(28)19-9-5-4-6-10-19/h7-8,11-15,18-19H,4-6,9-10H2,1-3H3,(H,25,28)(H,26,27). The number of amides is 2. The molecular weight excluding hydrogens is 380 g/mol. The number of rotatable bonds is 6. The molecule has 0 aliphatic heterocycles. The Morgan fingerprint density at radius 1 is 0.966 bits per heavy atom. The quantitative estimate of drug-likeness (QED) is 0.579. The van der Waals surface area contributed by atoms with E-state index < -0.39 is 0 Å². The first-order valence-corrected chi connectivity index (χ1v) is 11.3. The molecule has 0 saturated heterocycles. The average Bonchev–Trinajstić information content (AvgIpc) is 2.73. The average molecular weight is 411 g/mol. The zero-order valence-corrected chi connectivity index (χ0v) is 18.3. The van der Waals surface area contributed by atoms with Crippen LogP contribution in [0, 0.1) is 19.8 Å². The van der Waals surface area contributed by atoms with Gasteiger partial charge in [0.25, 0.3) is 0 Å². The van der Waals surface area contributed by atoms with Gasteiger partial charge in [-0.05, 0) is 75.1 Å². The third kappa shape index (κ3) is 5.86. The van der Waals surface area contributed by atoms with Crippen molar-refractivity contribution < 1.29 is 9.59 Å². The molecule has 0 spiro atoms. The van der Waals surface area contributed by atoms with Crippen LogP contribution in [0.15, 0.2) is 47.4 Å². The lowest BCUT2D eigenvalue weighted by molar-refractivity contribution is -0.120. The number of thioether (sulfide) groups is 1. The van der Waals surface area contributed by atoms with Crippen molar-refractivity contribution in [2.24, 2.45) is 5.92 Å². The number of carbonyl (C=O) groups is 2. The van der Waals surface area contributed by atoms with Gasteiger partial charge in [-0.3, -0.25) is 9.59 Å². The van der Waals surface area contributed by atoms with Crippen LogP contribution in [0.1, 0.15) is 50.2 Å². The summed E-state index contributed by atoms with van der Waals surface area (Å²) in [5, 5.41) is 5.84. The Balaban J connectivity index is 1.53. The molecule has 0 aromatic heterocycles. The Morgan fingerprint density at radius 3 is 2.34 bits per heavy atom. The molecule has 1 saturated carbocycles. The van der Waals surface area contributed by atoms with Crippen molar-refractivity contribution in [3.63, 3.8) is 0 Å². The Kier molecular flexibility index (Phi) is 7.37. The van der Waals surface area contributed by atoms with E-state index in [1.165, 1.54) is 18.2 Å². The first kappa shape index (κ1) is 21.4. The first-order valence-electron chi connectivity index (χ1n) is 10.4. The molecular formula is C24H30N2O2S. The number of hydrogen-bond donors (Lipinski definition) is 2. The highest BCUT2D eigenvalue weighted by Crippen LogP contribution is 2.28. The molecule has 0 heterocycles. The molecule has 2 aromatic carbocycles. The minimum absolute atomic E-state index is 0.0154. The third-order valence-electron chi connectivity index (χ3n) is 5.64. The molecule has 29 heavy (non-hydrogen) atoms. The molecule has 154 valence electrons. The predicted octanol–water partition coefficient (Wildman–Crippen LogP) is 5.94. The fourth-order valence-corrected chi connectivity index (χ4v) is 4.47. The molecule has 2 amide bonds. The summed E-state index contributed by atoms with van der Waals surface area (Å²) in [4.78, 5) is 26.0. The maximum atomic E-state index is 12.6. The number of carbonyl (C=O) groups excluding carboxylic acids is 2. The van der Waals surface area contributed by atoms with Crippen molar-refractivity contribution >= 4 is 35.0 Å². The van der Waals surface area contributed by atoms with E-state index in [2.05, 4.69) is 10.6 Å². The van der Waals surface area contributed by atoms with Gasteiger partial charge >= 0.3 is 0 Å². The maximum absolute atomic E-state index is 12.6. The van der Waals surface area contributed by atoms with Crippen LogP contribution in [0.4, 0.5) is 11.4 Å². The van der Waals surface area contributed by atoms with Crippen LogP contribution in [-0.4, -0.2) is 17.1 Å². The van der Waals surface area contributed by atoms with Gasteiger partial charge in [0.2, 0.25) is 11.8 Å². The lowest BCUT2D eigenvalue weighted by Gasteiger charge is -2.20.